The molecule has 0 aliphatic heterocycles. The van der Waals surface area contributed by atoms with E-state index < -0.39 is 0 Å². The van der Waals surface area contributed by atoms with Gasteiger partial charge in [-0.25, -0.2) is 4.39 Å². The van der Waals surface area contributed by atoms with Crippen molar-refractivity contribution in [3.05, 3.63) is 29.6 Å². The maximum Gasteiger partial charge on any atom is 0.130 e. The van der Waals surface area contributed by atoms with Crippen molar-refractivity contribution in [2.75, 3.05) is 37.6 Å². The van der Waals surface area contributed by atoms with Crippen LogP contribution in [0.2, 0.25) is 0 Å². The molecule has 1 atom stereocenters. The van der Waals surface area contributed by atoms with Crippen LogP contribution in [0.3, 0.4) is 0 Å². The van der Waals surface area contributed by atoms with Crippen LogP contribution in [-0.2, 0) is 0 Å². The van der Waals surface area contributed by atoms with Gasteiger partial charge in [-0.2, -0.15) is 0 Å². The van der Waals surface area contributed by atoms with Crippen molar-refractivity contribution in [1.82, 2.24) is 4.90 Å². The number of halogens is 1. The summed E-state index contributed by atoms with van der Waals surface area (Å²) in [5, 5.41) is 0. The van der Waals surface area contributed by atoms with Gasteiger partial charge >= 0.3 is 0 Å². The minimum Gasteiger partial charge on any atom is -0.371 e. The van der Waals surface area contributed by atoms with Gasteiger partial charge < -0.3 is 15.5 Å². The Labute approximate surface area is 128 Å². The molecule has 0 fully saturated rings. The third-order valence-corrected chi connectivity index (χ3v) is 4.00. The second kappa shape index (κ2) is 9.00. The molecule has 0 saturated carbocycles. The van der Waals surface area contributed by atoms with E-state index in [0.717, 1.165) is 44.8 Å². The Hall–Kier alpha value is -1.13. The fraction of sp³-hybridized carbons (Fsp3) is 0.647. The van der Waals surface area contributed by atoms with Crippen LogP contribution in [-0.4, -0.2) is 37.6 Å². The van der Waals surface area contributed by atoms with E-state index in [1.54, 1.807) is 6.07 Å². The van der Waals surface area contributed by atoms with Gasteiger partial charge in [-0.05, 0) is 52.0 Å². The molecule has 0 aliphatic carbocycles. The molecule has 0 aromatic heterocycles. The Bertz CT molecular complexity index is 416. The maximum absolute atomic E-state index is 14.0. The largest absolute Gasteiger partial charge is 0.371 e. The lowest BCUT2D eigenvalue weighted by atomic mass is 10.0. The summed E-state index contributed by atoms with van der Waals surface area (Å²) in [4.78, 5) is 4.64. The van der Waals surface area contributed by atoms with E-state index >= 15 is 0 Å². The van der Waals surface area contributed by atoms with E-state index in [4.69, 9.17) is 5.73 Å². The van der Waals surface area contributed by atoms with Crippen molar-refractivity contribution in [3.8, 4) is 0 Å². The highest BCUT2D eigenvalue weighted by molar-refractivity contribution is 5.55. The normalized spacial score (nSPS) is 12.7. The summed E-state index contributed by atoms with van der Waals surface area (Å²) >= 11 is 0. The smallest absolute Gasteiger partial charge is 0.130 e. The zero-order valence-electron chi connectivity index (χ0n) is 13.9. The van der Waals surface area contributed by atoms with Crippen LogP contribution in [0, 0.1) is 5.82 Å². The summed E-state index contributed by atoms with van der Waals surface area (Å²) in [5.74, 6) is -0.204. The maximum atomic E-state index is 14.0. The van der Waals surface area contributed by atoms with Gasteiger partial charge in [-0.1, -0.05) is 19.9 Å². The molecule has 4 heteroatoms. The fourth-order valence-electron chi connectivity index (χ4n) is 2.73. The molecule has 3 nitrogen and oxygen atoms in total. The van der Waals surface area contributed by atoms with Crippen LogP contribution in [0.15, 0.2) is 18.2 Å². The molecule has 1 aromatic carbocycles. The van der Waals surface area contributed by atoms with Crippen LogP contribution >= 0.6 is 0 Å². The first-order valence-electron chi connectivity index (χ1n) is 8.06. The highest BCUT2D eigenvalue weighted by Gasteiger charge is 2.16. The van der Waals surface area contributed by atoms with Crippen molar-refractivity contribution in [2.24, 2.45) is 5.73 Å². The Morgan fingerprint density at radius 1 is 1.10 bits per heavy atom. The fourth-order valence-corrected chi connectivity index (χ4v) is 2.73. The minimum absolute atomic E-state index is 0.204. The van der Waals surface area contributed by atoms with Crippen molar-refractivity contribution < 1.29 is 4.39 Å². The van der Waals surface area contributed by atoms with E-state index in [1.807, 2.05) is 13.0 Å². The number of rotatable bonds is 9. The van der Waals surface area contributed by atoms with Gasteiger partial charge in [0.05, 0.1) is 0 Å². The van der Waals surface area contributed by atoms with E-state index in [9.17, 15) is 4.39 Å². The lowest BCUT2D eigenvalue weighted by Gasteiger charge is -2.28. The second-order valence-corrected chi connectivity index (χ2v) is 5.42. The summed E-state index contributed by atoms with van der Waals surface area (Å²) in [7, 11) is 0. The van der Waals surface area contributed by atoms with Crippen molar-refractivity contribution in [3.63, 3.8) is 0 Å². The van der Waals surface area contributed by atoms with Crippen LogP contribution < -0.4 is 10.6 Å². The van der Waals surface area contributed by atoms with Crippen LogP contribution in [0.25, 0.3) is 0 Å². The first kappa shape index (κ1) is 17.9. The SMILES string of the molecule is CCN(CC)CCCN(CC)c1cccc(F)c1[C@@H](C)N. The van der Waals surface area contributed by atoms with E-state index in [2.05, 4.69) is 30.6 Å². The van der Waals surface area contributed by atoms with Gasteiger partial charge in [-0.3, -0.25) is 0 Å². The lowest BCUT2D eigenvalue weighted by Crippen LogP contribution is -2.31. The molecule has 0 unspecified atom stereocenters. The number of anilines is 1. The Kier molecular flexibility index (Phi) is 7.68. The number of hydrogen-bond acceptors (Lipinski definition) is 3. The molecule has 1 rings (SSSR count). The van der Waals surface area contributed by atoms with E-state index in [0.29, 0.717) is 5.56 Å². The summed E-state index contributed by atoms with van der Waals surface area (Å²) in [6.07, 6.45) is 1.07. The average molecular weight is 295 g/mol. The van der Waals surface area contributed by atoms with Crippen LogP contribution in [0.5, 0.6) is 0 Å². The predicted molar refractivity (Wildman–Crippen MR) is 89.3 cm³/mol. The van der Waals surface area contributed by atoms with Crippen molar-refractivity contribution in [1.29, 1.82) is 0 Å². The van der Waals surface area contributed by atoms with E-state index in [-0.39, 0.29) is 11.9 Å². The average Bonchev–Trinajstić information content (AvgIpc) is 2.47. The molecule has 0 saturated heterocycles. The third-order valence-electron chi connectivity index (χ3n) is 4.00. The van der Waals surface area contributed by atoms with Crippen molar-refractivity contribution in [2.45, 2.75) is 40.2 Å². The first-order valence-corrected chi connectivity index (χ1v) is 8.06. The zero-order chi connectivity index (χ0) is 15.8. The molecule has 0 amide bonds. The van der Waals surface area contributed by atoms with Gasteiger partial charge in [0, 0.05) is 30.4 Å². The molecule has 0 spiro atoms. The second-order valence-electron chi connectivity index (χ2n) is 5.42. The van der Waals surface area contributed by atoms with Gasteiger partial charge in [-0.15, -0.1) is 0 Å². The monoisotopic (exact) mass is 295 g/mol. The topological polar surface area (TPSA) is 32.5 Å². The zero-order valence-corrected chi connectivity index (χ0v) is 13.9. The third kappa shape index (κ3) is 4.97. The molecule has 0 aliphatic rings. The molecule has 0 bridgehead atoms. The number of nitrogens with two attached hydrogens (primary N) is 1. The van der Waals surface area contributed by atoms with E-state index in [1.165, 1.54) is 6.07 Å². The number of hydrogen-bond donors (Lipinski definition) is 1. The van der Waals surface area contributed by atoms with Gasteiger partial charge in [0.25, 0.3) is 0 Å². The molecule has 2 N–H and O–H groups in total. The quantitative estimate of drug-likeness (QED) is 0.758. The predicted octanol–water partition coefficient (Wildman–Crippen LogP) is 3.40. The molecule has 21 heavy (non-hydrogen) atoms. The van der Waals surface area contributed by atoms with Crippen LogP contribution in [0.4, 0.5) is 10.1 Å². The molecule has 0 heterocycles. The van der Waals surface area contributed by atoms with Gasteiger partial charge in [0.15, 0.2) is 0 Å². The summed E-state index contributed by atoms with van der Waals surface area (Å²) < 4.78 is 14.0. The highest BCUT2D eigenvalue weighted by atomic mass is 19.1. The molecular weight excluding hydrogens is 265 g/mol. The molecule has 120 valence electrons. The van der Waals surface area contributed by atoms with Crippen LogP contribution in [0.1, 0.15) is 45.7 Å². The minimum atomic E-state index is -0.293. The van der Waals surface area contributed by atoms with Gasteiger partial charge in [0.2, 0.25) is 0 Å². The first-order chi connectivity index (χ1) is 10.0. The molecule has 0 radical (unpaired) electrons. The highest BCUT2D eigenvalue weighted by Crippen LogP contribution is 2.27. The Balaban J connectivity index is 2.79. The van der Waals surface area contributed by atoms with Crippen molar-refractivity contribution >= 4 is 5.69 Å². The van der Waals surface area contributed by atoms with Gasteiger partial charge in [0.1, 0.15) is 5.82 Å². The standard InChI is InChI=1S/C17H30FN3/c1-5-20(6-2)12-9-13-21(7-3)16-11-8-10-15(18)17(16)14(4)19/h8,10-11,14H,5-7,9,12-13,19H2,1-4H3/t14-/m1/s1. The molecule has 1 aromatic rings. The summed E-state index contributed by atoms with van der Waals surface area (Å²) in [5.41, 5.74) is 7.52. The lowest BCUT2D eigenvalue weighted by molar-refractivity contribution is 0.300. The number of benzene rings is 1. The summed E-state index contributed by atoms with van der Waals surface area (Å²) in [6, 6.07) is 4.94. The Morgan fingerprint density at radius 2 is 1.76 bits per heavy atom. The number of nitrogens with zero attached hydrogens (tertiary/aromatic N) is 2. The Morgan fingerprint density at radius 3 is 2.29 bits per heavy atom. The summed E-state index contributed by atoms with van der Waals surface area (Å²) in [6.45, 7) is 13.3. The molecular formula is C17H30FN3.